The fourth-order valence-electron chi connectivity index (χ4n) is 4.26. The number of amides is 1. The number of aromatic nitrogens is 4. The summed E-state index contributed by atoms with van der Waals surface area (Å²) in [6, 6.07) is 6.00. The number of fused-ring (bicyclic) bond motifs is 2. The van der Waals surface area contributed by atoms with Gasteiger partial charge >= 0.3 is 0 Å². The number of carbonyl (C=O) groups is 1. The molecule has 8 nitrogen and oxygen atoms in total. The van der Waals surface area contributed by atoms with Gasteiger partial charge in [0, 0.05) is 62.4 Å². The van der Waals surface area contributed by atoms with Gasteiger partial charge in [0.05, 0.1) is 22.0 Å². The number of benzene rings is 1. The number of hydrogen-bond donors (Lipinski definition) is 2. The first kappa shape index (κ1) is 19.8. The molecule has 31 heavy (non-hydrogen) atoms. The Balaban J connectivity index is 1.50. The minimum atomic E-state index is -0.226. The van der Waals surface area contributed by atoms with Crippen LogP contribution in [0, 0.1) is 6.92 Å². The minimum Gasteiger partial charge on any atom is -0.368 e. The molecule has 1 saturated heterocycles. The van der Waals surface area contributed by atoms with Crippen molar-refractivity contribution in [2.24, 2.45) is 7.05 Å². The van der Waals surface area contributed by atoms with Crippen molar-refractivity contribution in [1.29, 1.82) is 0 Å². The second kappa shape index (κ2) is 7.55. The second-order valence-corrected chi connectivity index (χ2v) is 8.55. The molecule has 0 radical (unpaired) electrons. The second-order valence-electron chi connectivity index (χ2n) is 8.14. The molecule has 1 unspecified atom stereocenters. The molecule has 4 heterocycles. The Morgan fingerprint density at radius 1 is 1.29 bits per heavy atom. The zero-order chi connectivity index (χ0) is 21.7. The molecule has 1 aliphatic rings. The van der Waals surface area contributed by atoms with Gasteiger partial charge in [-0.05, 0) is 32.0 Å². The van der Waals surface area contributed by atoms with Crippen molar-refractivity contribution in [3.63, 3.8) is 0 Å². The molecular weight excluding hydrogens is 414 g/mol. The summed E-state index contributed by atoms with van der Waals surface area (Å²) in [5.41, 5.74) is 4.45. The standard InChI is InChI=1S/C22H24ClN7O/c1-13-9-29(7-6-24-13)19-5-4-16(20-17(19)12-28(3)27-20)22(31)26-15-8-18(23)21-25-14(2)10-30(21)11-15/h4-5,8,10-13,24H,6-7,9H2,1-3H3,(H,26,31). The van der Waals surface area contributed by atoms with Gasteiger partial charge in [0.1, 0.15) is 5.52 Å². The van der Waals surface area contributed by atoms with Crippen LogP contribution in [-0.2, 0) is 7.05 Å². The van der Waals surface area contributed by atoms with Crippen LogP contribution in [-0.4, -0.2) is 50.7 Å². The fourth-order valence-corrected chi connectivity index (χ4v) is 4.52. The zero-order valence-corrected chi connectivity index (χ0v) is 18.4. The number of piperazine rings is 1. The highest BCUT2D eigenvalue weighted by molar-refractivity contribution is 6.33. The van der Waals surface area contributed by atoms with E-state index in [1.165, 1.54) is 0 Å². The van der Waals surface area contributed by atoms with Crippen LogP contribution in [0.5, 0.6) is 0 Å². The number of halogens is 1. The Morgan fingerprint density at radius 2 is 2.13 bits per heavy atom. The highest BCUT2D eigenvalue weighted by atomic mass is 35.5. The Labute approximate surface area is 184 Å². The number of anilines is 2. The van der Waals surface area contributed by atoms with Gasteiger partial charge in [-0.25, -0.2) is 4.98 Å². The van der Waals surface area contributed by atoms with E-state index in [0.29, 0.717) is 33.5 Å². The van der Waals surface area contributed by atoms with Gasteiger partial charge in [0.25, 0.3) is 5.91 Å². The minimum absolute atomic E-state index is 0.226. The van der Waals surface area contributed by atoms with Gasteiger partial charge in [-0.3, -0.25) is 9.48 Å². The quantitative estimate of drug-likeness (QED) is 0.514. The third kappa shape index (κ3) is 3.62. The van der Waals surface area contributed by atoms with Gasteiger partial charge in [-0.1, -0.05) is 11.6 Å². The highest BCUT2D eigenvalue weighted by Crippen LogP contribution is 2.30. The average molecular weight is 438 g/mol. The van der Waals surface area contributed by atoms with Crippen molar-refractivity contribution in [3.05, 3.63) is 53.1 Å². The van der Waals surface area contributed by atoms with Crippen molar-refractivity contribution >= 4 is 45.4 Å². The number of hydrogen-bond acceptors (Lipinski definition) is 5. The number of nitrogens with one attached hydrogen (secondary N) is 2. The van der Waals surface area contributed by atoms with E-state index in [1.54, 1.807) is 10.7 Å². The first-order valence-corrected chi connectivity index (χ1v) is 10.7. The van der Waals surface area contributed by atoms with Gasteiger partial charge in [0.2, 0.25) is 0 Å². The molecule has 0 bridgehead atoms. The Bertz CT molecular complexity index is 1310. The molecule has 0 aliphatic carbocycles. The smallest absolute Gasteiger partial charge is 0.257 e. The molecule has 9 heteroatoms. The van der Waals surface area contributed by atoms with Crippen LogP contribution < -0.4 is 15.5 Å². The number of pyridine rings is 1. The molecule has 4 aromatic rings. The number of carbonyl (C=O) groups excluding carboxylic acids is 1. The first-order valence-electron chi connectivity index (χ1n) is 10.3. The maximum Gasteiger partial charge on any atom is 0.257 e. The number of aryl methyl sites for hydroxylation is 2. The van der Waals surface area contributed by atoms with Crippen LogP contribution >= 0.6 is 11.6 Å². The first-order chi connectivity index (χ1) is 14.9. The summed E-state index contributed by atoms with van der Waals surface area (Å²) in [6.45, 7) is 6.85. The zero-order valence-electron chi connectivity index (χ0n) is 17.7. The predicted octanol–water partition coefficient (Wildman–Crippen LogP) is 3.23. The van der Waals surface area contributed by atoms with Crippen molar-refractivity contribution in [3.8, 4) is 0 Å². The normalized spacial score (nSPS) is 16.9. The molecule has 2 N–H and O–H groups in total. The topological polar surface area (TPSA) is 79.5 Å². The van der Waals surface area contributed by atoms with Crippen LogP contribution in [0.25, 0.3) is 16.6 Å². The van der Waals surface area contributed by atoms with Crippen LogP contribution in [0.1, 0.15) is 23.0 Å². The molecule has 5 rings (SSSR count). The lowest BCUT2D eigenvalue weighted by atomic mass is 10.1. The van der Waals surface area contributed by atoms with Gasteiger partial charge in [-0.15, -0.1) is 0 Å². The van der Waals surface area contributed by atoms with Crippen LogP contribution in [0.4, 0.5) is 11.4 Å². The molecular formula is C22H24ClN7O. The lowest BCUT2D eigenvalue weighted by Crippen LogP contribution is -2.49. The Kier molecular flexibility index (Phi) is 4.83. The Morgan fingerprint density at radius 3 is 2.94 bits per heavy atom. The van der Waals surface area contributed by atoms with Crippen LogP contribution in [0.2, 0.25) is 5.02 Å². The third-order valence-corrected chi connectivity index (χ3v) is 5.88. The summed E-state index contributed by atoms with van der Waals surface area (Å²) in [5, 5.41) is 12.5. The summed E-state index contributed by atoms with van der Waals surface area (Å²) in [6.07, 6.45) is 5.66. The molecule has 160 valence electrons. The number of nitrogens with zero attached hydrogens (tertiary/aromatic N) is 5. The van der Waals surface area contributed by atoms with E-state index in [9.17, 15) is 4.79 Å². The lowest BCUT2D eigenvalue weighted by Gasteiger charge is -2.34. The van der Waals surface area contributed by atoms with E-state index in [1.807, 2.05) is 49.1 Å². The van der Waals surface area contributed by atoms with E-state index < -0.39 is 0 Å². The van der Waals surface area contributed by atoms with Crippen molar-refractivity contribution in [1.82, 2.24) is 24.5 Å². The molecule has 1 aromatic carbocycles. The summed E-state index contributed by atoms with van der Waals surface area (Å²) in [7, 11) is 1.88. The summed E-state index contributed by atoms with van der Waals surface area (Å²) >= 11 is 6.36. The molecule has 1 atom stereocenters. The molecule has 0 spiro atoms. The van der Waals surface area contributed by atoms with Crippen LogP contribution in [0.3, 0.4) is 0 Å². The monoisotopic (exact) mass is 437 g/mol. The molecule has 3 aromatic heterocycles. The lowest BCUT2D eigenvalue weighted by molar-refractivity contribution is 0.102. The van der Waals surface area contributed by atoms with Crippen molar-refractivity contribution < 1.29 is 4.79 Å². The SMILES string of the molecule is Cc1cn2cc(NC(=O)c3ccc(N4CCNC(C)C4)c4cn(C)nc34)cc(Cl)c2n1. The largest absolute Gasteiger partial charge is 0.368 e. The highest BCUT2D eigenvalue weighted by Gasteiger charge is 2.22. The van der Waals surface area contributed by atoms with Gasteiger partial charge in [0.15, 0.2) is 5.65 Å². The summed E-state index contributed by atoms with van der Waals surface area (Å²) < 4.78 is 3.58. The van der Waals surface area contributed by atoms with Gasteiger partial charge < -0.3 is 19.9 Å². The van der Waals surface area contributed by atoms with Gasteiger partial charge in [-0.2, -0.15) is 5.10 Å². The molecule has 1 fully saturated rings. The number of imidazole rings is 1. The Hall–Kier alpha value is -3.10. The van der Waals surface area contributed by atoms with Crippen LogP contribution in [0.15, 0.2) is 36.8 Å². The molecule has 1 aliphatic heterocycles. The predicted molar refractivity (Wildman–Crippen MR) is 123 cm³/mol. The maximum atomic E-state index is 13.2. The van der Waals surface area contributed by atoms with Crippen molar-refractivity contribution in [2.45, 2.75) is 19.9 Å². The number of rotatable bonds is 3. The average Bonchev–Trinajstić information content (AvgIpc) is 3.28. The summed E-state index contributed by atoms with van der Waals surface area (Å²) in [4.78, 5) is 19.9. The molecule has 0 saturated carbocycles. The van der Waals surface area contributed by atoms with E-state index in [-0.39, 0.29) is 5.91 Å². The summed E-state index contributed by atoms with van der Waals surface area (Å²) in [5.74, 6) is -0.226. The van der Waals surface area contributed by atoms with E-state index in [4.69, 9.17) is 11.6 Å². The van der Waals surface area contributed by atoms with E-state index in [0.717, 1.165) is 36.4 Å². The fraction of sp³-hybridized carbons (Fsp3) is 0.318. The van der Waals surface area contributed by atoms with E-state index in [2.05, 4.69) is 32.5 Å². The molecule has 1 amide bonds. The third-order valence-electron chi connectivity index (χ3n) is 5.61. The van der Waals surface area contributed by atoms with E-state index >= 15 is 0 Å². The maximum absolute atomic E-state index is 13.2. The van der Waals surface area contributed by atoms with Crippen molar-refractivity contribution in [2.75, 3.05) is 29.9 Å².